The Balaban J connectivity index is 1.53. The average Bonchev–Trinajstić information content (AvgIpc) is 3.19. The number of hydrogen-bond acceptors (Lipinski definition) is 6. The minimum absolute atomic E-state index is 0.0224. The van der Waals surface area contributed by atoms with Crippen molar-refractivity contribution in [1.82, 2.24) is 25.2 Å². The molecule has 1 aromatic carbocycles. The van der Waals surface area contributed by atoms with Crippen LogP contribution in [0.25, 0.3) is 5.65 Å². The van der Waals surface area contributed by atoms with Gasteiger partial charge < -0.3 is 15.4 Å². The van der Waals surface area contributed by atoms with Crippen molar-refractivity contribution in [1.29, 1.82) is 0 Å². The van der Waals surface area contributed by atoms with Gasteiger partial charge in [0.25, 0.3) is 11.8 Å². The molecular weight excluding hydrogens is 386 g/mol. The van der Waals surface area contributed by atoms with Crippen LogP contribution in [0.5, 0.6) is 5.75 Å². The maximum atomic E-state index is 12.7. The van der Waals surface area contributed by atoms with Gasteiger partial charge in [-0.15, -0.1) is 0 Å². The Hall–Kier alpha value is -3.75. The molecule has 9 heteroatoms. The van der Waals surface area contributed by atoms with Crippen molar-refractivity contribution in [3.63, 3.8) is 0 Å². The SMILES string of the molecule is CC(C)NC(=O)c1cc(C(=O)NCc2ccc3c(c2)CC(=O)CO3)nc2ccnn12. The molecule has 3 heterocycles. The first-order chi connectivity index (χ1) is 14.4. The standard InChI is InChI=1S/C21H21N5O4/c1-12(2)24-21(29)17-9-16(25-19-5-6-23-26(17)19)20(28)22-10-13-3-4-18-14(7-13)8-15(27)11-30-18/h3-7,9,12H,8,10-11H2,1-2H3,(H,22,28)(H,24,29). The summed E-state index contributed by atoms with van der Waals surface area (Å²) in [7, 11) is 0. The Kier molecular flexibility index (Phi) is 5.18. The second-order valence-corrected chi connectivity index (χ2v) is 7.38. The lowest BCUT2D eigenvalue weighted by Crippen LogP contribution is -2.32. The van der Waals surface area contributed by atoms with Crippen molar-refractivity contribution < 1.29 is 19.1 Å². The molecule has 3 aromatic rings. The fourth-order valence-electron chi connectivity index (χ4n) is 3.24. The van der Waals surface area contributed by atoms with Crippen LogP contribution in [0.1, 0.15) is 46.0 Å². The van der Waals surface area contributed by atoms with Crippen LogP contribution in [0.4, 0.5) is 0 Å². The van der Waals surface area contributed by atoms with E-state index >= 15 is 0 Å². The van der Waals surface area contributed by atoms with Crippen LogP contribution in [0.15, 0.2) is 36.5 Å². The van der Waals surface area contributed by atoms with E-state index in [4.69, 9.17) is 4.74 Å². The van der Waals surface area contributed by atoms with E-state index in [0.29, 0.717) is 17.8 Å². The molecule has 0 fully saturated rings. The highest BCUT2D eigenvalue weighted by Crippen LogP contribution is 2.24. The number of aromatic nitrogens is 3. The summed E-state index contributed by atoms with van der Waals surface area (Å²) in [6.07, 6.45) is 1.84. The predicted octanol–water partition coefficient (Wildman–Crippen LogP) is 1.30. The number of hydrogen-bond donors (Lipinski definition) is 2. The fraction of sp³-hybridized carbons (Fsp3) is 0.286. The molecule has 1 aliphatic heterocycles. The second kappa shape index (κ2) is 7.94. The molecular formula is C21H21N5O4. The van der Waals surface area contributed by atoms with E-state index < -0.39 is 5.91 Å². The minimum atomic E-state index is -0.414. The topological polar surface area (TPSA) is 115 Å². The van der Waals surface area contributed by atoms with E-state index in [-0.39, 0.29) is 42.3 Å². The number of ether oxygens (including phenoxy) is 1. The van der Waals surface area contributed by atoms with Crippen molar-refractivity contribution in [2.24, 2.45) is 0 Å². The first-order valence-electron chi connectivity index (χ1n) is 9.61. The molecule has 0 spiro atoms. The number of Topliss-reactive ketones (excluding diaryl/α,β-unsaturated/α-hetero) is 1. The molecule has 0 saturated carbocycles. The number of carbonyl (C=O) groups excluding carboxylic acids is 3. The molecule has 0 unspecified atom stereocenters. The number of nitrogens with zero attached hydrogens (tertiary/aromatic N) is 3. The molecule has 2 amide bonds. The van der Waals surface area contributed by atoms with Crippen LogP contribution in [-0.2, 0) is 17.8 Å². The summed E-state index contributed by atoms with van der Waals surface area (Å²) in [5, 5.41) is 9.72. The van der Waals surface area contributed by atoms with Crippen LogP contribution in [0.2, 0.25) is 0 Å². The van der Waals surface area contributed by atoms with Crippen molar-refractivity contribution in [3.05, 3.63) is 59.0 Å². The summed E-state index contributed by atoms with van der Waals surface area (Å²) in [5.41, 5.74) is 2.40. The number of nitrogens with one attached hydrogen (secondary N) is 2. The van der Waals surface area contributed by atoms with E-state index in [2.05, 4.69) is 20.7 Å². The number of carbonyl (C=O) groups is 3. The van der Waals surface area contributed by atoms with Gasteiger partial charge in [-0.3, -0.25) is 14.4 Å². The number of ketones is 1. The fourth-order valence-corrected chi connectivity index (χ4v) is 3.24. The van der Waals surface area contributed by atoms with Gasteiger partial charge in [-0.2, -0.15) is 5.10 Å². The average molecular weight is 407 g/mol. The second-order valence-electron chi connectivity index (χ2n) is 7.38. The minimum Gasteiger partial charge on any atom is -0.486 e. The van der Waals surface area contributed by atoms with Gasteiger partial charge in [0.2, 0.25) is 0 Å². The van der Waals surface area contributed by atoms with Crippen molar-refractivity contribution in [2.45, 2.75) is 32.9 Å². The monoisotopic (exact) mass is 407 g/mol. The number of fused-ring (bicyclic) bond motifs is 2. The molecule has 154 valence electrons. The van der Waals surface area contributed by atoms with Crippen molar-refractivity contribution in [2.75, 3.05) is 6.61 Å². The van der Waals surface area contributed by atoms with Gasteiger partial charge in [0.15, 0.2) is 11.4 Å². The van der Waals surface area contributed by atoms with Crippen molar-refractivity contribution >= 4 is 23.2 Å². The number of benzene rings is 1. The first-order valence-corrected chi connectivity index (χ1v) is 9.61. The Bertz CT molecular complexity index is 1150. The molecule has 0 bridgehead atoms. The zero-order valence-electron chi connectivity index (χ0n) is 16.6. The zero-order chi connectivity index (χ0) is 21.3. The zero-order valence-corrected chi connectivity index (χ0v) is 16.6. The number of rotatable bonds is 5. The van der Waals surface area contributed by atoms with Crippen LogP contribution in [-0.4, -0.2) is 44.8 Å². The molecule has 30 heavy (non-hydrogen) atoms. The van der Waals surface area contributed by atoms with Crippen LogP contribution >= 0.6 is 0 Å². The molecule has 0 atom stereocenters. The summed E-state index contributed by atoms with van der Waals surface area (Å²) in [4.78, 5) is 41.1. The van der Waals surface area contributed by atoms with Gasteiger partial charge in [-0.1, -0.05) is 6.07 Å². The smallest absolute Gasteiger partial charge is 0.270 e. The third-order valence-corrected chi connectivity index (χ3v) is 4.60. The normalized spacial score (nSPS) is 13.1. The van der Waals surface area contributed by atoms with Gasteiger partial charge in [-0.05, 0) is 31.5 Å². The van der Waals surface area contributed by atoms with Crippen LogP contribution < -0.4 is 15.4 Å². The number of amides is 2. The first kappa shape index (κ1) is 19.6. The molecule has 9 nitrogen and oxygen atoms in total. The molecule has 1 aliphatic rings. The lowest BCUT2D eigenvalue weighted by atomic mass is 10.0. The van der Waals surface area contributed by atoms with Crippen LogP contribution in [0, 0.1) is 0 Å². The summed E-state index contributed by atoms with van der Waals surface area (Å²) in [5.74, 6) is -0.0376. The highest BCUT2D eigenvalue weighted by Gasteiger charge is 2.19. The summed E-state index contributed by atoms with van der Waals surface area (Å²) in [6, 6.07) is 8.48. The van der Waals surface area contributed by atoms with Gasteiger partial charge in [0, 0.05) is 36.7 Å². The lowest BCUT2D eigenvalue weighted by molar-refractivity contribution is -0.121. The molecule has 0 saturated heterocycles. The molecule has 2 N–H and O–H groups in total. The van der Waals surface area contributed by atoms with Gasteiger partial charge in [0.1, 0.15) is 23.7 Å². The molecule has 2 aromatic heterocycles. The van der Waals surface area contributed by atoms with Crippen LogP contribution in [0.3, 0.4) is 0 Å². The van der Waals surface area contributed by atoms with Gasteiger partial charge >= 0.3 is 0 Å². The Morgan fingerprint density at radius 2 is 2.03 bits per heavy atom. The summed E-state index contributed by atoms with van der Waals surface area (Å²) >= 11 is 0. The van der Waals surface area contributed by atoms with Crippen molar-refractivity contribution in [3.8, 4) is 5.75 Å². The highest BCUT2D eigenvalue weighted by molar-refractivity contribution is 5.98. The van der Waals surface area contributed by atoms with E-state index in [9.17, 15) is 14.4 Å². The Labute approximate surface area is 172 Å². The van der Waals surface area contributed by atoms with Gasteiger partial charge in [-0.25, -0.2) is 9.50 Å². The third kappa shape index (κ3) is 4.00. The lowest BCUT2D eigenvalue weighted by Gasteiger charge is -2.17. The largest absolute Gasteiger partial charge is 0.486 e. The summed E-state index contributed by atoms with van der Waals surface area (Å²) < 4.78 is 6.79. The maximum Gasteiger partial charge on any atom is 0.270 e. The molecule has 0 radical (unpaired) electrons. The Morgan fingerprint density at radius 1 is 1.20 bits per heavy atom. The summed E-state index contributed by atoms with van der Waals surface area (Å²) in [6.45, 7) is 4.05. The molecule has 4 rings (SSSR count). The molecule has 0 aliphatic carbocycles. The van der Waals surface area contributed by atoms with E-state index in [1.807, 2.05) is 26.0 Å². The van der Waals surface area contributed by atoms with E-state index in [0.717, 1.165) is 11.1 Å². The Morgan fingerprint density at radius 3 is 2.83 bits per heavy atom. The quantitative estimate of drug-likeness (QED) is 0.659. The maximum absolute atomic E-state index is 12.7. The van der Waals surface area contributed by atoms with E-state index in [1.165, 1.54) is 16.8 Å². The van der Waals surface area contributed by atoms with E-state index in [1.54, 1.807) is 12.1 Å². The predicted molar refractivity (Wildman–Crippen MR) is 107 cm³/mol. The third-order valence-electron chi connectivity index (χ3n) is 4.60. The van der Waals surface area contributed by atoms with Gasteiger partial charge in [0.05, 0.1) is 6.20 Å². The highest BCUT2D eigenvalue weighted by atomic mass is 16.5.